The van der Waals surface area contributed by atoms with Gasteiger partial charge in [-0.1, -0.05) is 60.7 Å². The van der Waals surface area contributed by atoms with Crippen molar-refractivity contribution in [2.45, 2.75) is 32.8 Å². The molecule has 0 saturated heterocycles. The average molecular weight is 419 g/mol. The summed E-state index contributed by atoms with van der Waals surface area (Å²) in [5.74, 6) is -1.31. The lowest BCUT2D eigenvalue weighted by molar-refractivity contribution is -0.116. The van der Waals surface area contributed by atoms with E-state index in [-0.39, 0.29) is 17.6 Å². The Labute approximate surface area is 179 Å². The second-order valence-electron chi connectivity index (χ2n) is 7.07. The van der Waals surface area contributed by atoms with Gasteiger partial charge in [-0.15, -0.1) is 11.3 Å². The summed E-state index contributed by atoms with van der Waals surface area (Å²) in [4.78, 5) is 26.0. The number of anilines is 1. The first-order valence-electron chi connectivity index (χ1n) is 9.57. The van der Waals surface area contributed by atoms with E-state index in [1.54, 1.807) is 20.8 Å². The number of nitriles is 1. The van der Waals surface area contributed by atoms with Gasteiger partial charge in [0.25, 0.3) is 0 Å². The lowest BCUT2D eigenvalue weighted by Gasteiger charge is -2.17. The van der Waals surface area contributed by atoms with Gasteiger partial charge >= 0.3 is 5.97 Å². The molecule has 0 spiro atoms. The van der Waals surface area contributed by atoms with Crippen LogP contribution in [-0.2, 0) is 9.53 Å². The Morgan fingerprint density at radius 2 is 1.53 bits per heavy atom. The molecule has 0 fully saturated rings. The highest BCUT2D eigenvalue weighted by Gasteiger charge is 2.27. The van der Waals surface area contributed by atoms with E-state index in [0.29, 0.717) is 15.4 Å². The van der Waals surface area contributed by atoms with Crippen molar-refractivity contribution in [3.63, 3.8) is 0 Å². The van der Waals surface area contributed by atoms with Gasteiger partial charge in [0.05, 0.1) is 17.6 Å². The Balaban J connectivity index is 1.97. The van der Waals surface area contributed by atoms with Crippen molar-refractivity contribution in [1.82, 2.24) is 0 Å². The van der Waals surface area contributed by atoms with E-state index < -0.39 is 11.9 Å². The Hall–Kier alpha value is -3.43. The third kappa shape index (κ3) is 4.58. The molecule has 152 valence electrons. The van der Waals surface area contributed by atoms with Gasteiger partial charge in [0.2, 0.25) is 5.91 Å². The number of thiophene rings is 1. The monoisotopic (exact) mass is 418 g/mol. The van der Waals surface area contributed by atoms with Gasteiger partial charge in [0, 0.05) is 0 Å². The van der Waals surface area contributed by atoms with E-state index in [1.807, 2.05) is 60.7 Å². The number of esters is 1. The van der Waals surface area contributed by atoms with Gasteiger partial charge in [0.15, 0.2) is 0 Å². The van der Waals surface area contributed by atoms with Gasteiger partial charge in [-0.3, -0.25) is 4.79 Å². The summed E-state index contributed by atoms with van der Waals surface area (Å²) in [6.07, 6.45) is -0.275. The third-order valence-corrected chi connectivity index (χ3v) is 5.74. The van der Waals surface area contributed by atoms with Crippen LogP contribution >= 0.6 is 11.3 Å². The summed E-state index contributed by atoms with van der Waals surface area (Å²) in [6.45, 7) is 5.21. The van der Waals surface area contributed by atoms with Crippen LogP contribution in [0.15, 0.2) is 60.7 Å². The van der Waals surface area contributed by atoms with Crippen molar-refractivity contribution in [1.29, 1.82) is 5.26 Å². The number of nitrogens with one attached hydrogen (secondary N) is 1. The first kappa shape index (κ1) is 21.3. The molecule has 0 aliphatic carbocycles. The number of rotatable bonds is 6. The second-order valence-corrected chi connectivity index (χ2v) is 8.09. The highest BCUT2D eigenvalue weighted by Crippen LogP contribution is 2.35. The molecule has 6 heteroatoms. The molecule has 3 rings (SSSR count). The van der Waals surface area contributed by atoms with E-state index in [2.05, 4.69) is 11.4 Å². The molecule has 2 aromatic carbocycles. The molecular formula is C24H22N2O3S. The molecule has 0 atom stereocenters. The summed E-state index contributed by atoms with van der Waals surface area (Å²) in [7, 11) is 0. The van der Waals surface area contributed by atoms with Crippen LogP contribution in [0.5, 0.6) is 0 Å². The highest BCUT2D eigenvalue weighted by atomic mass is 32.1. The predicted octanol–water partition coefficient (Wildman–Crippen LogP) is 5.26. The predicted molar refractivity (Wildman–Crippen MR) is 118 cm³/mol. The minimum absolute atomic E-state index is 0.270. The number of nitrogens with zero attached hydrogens (tertiary/aromatic N) is 1. The summed E-state index contributed by atoms with van der Waals surface area (Å²) >= 11 is 1.07. The van der Waals surface area contributed by atoms with Crippen LogP contribution < -0.4 is 5.32 Å². The van der Waals surface area contributed by atoms with Crippen LogP contribution in [0.2, 0.25) is 0 Å². The van der Waals surface area contributed by atoms with Gasteiger partial charge in [-0.2, -0.15) is 5.26 Å². The summed E-state index contributed by atoms with van der Waals surface area (Å²) in [5.41, 5.74) is 2.48. The maximum atomic E-state index is 13.3. The minimum Gasteiger partial charge on any atom is -0.459 e. The number of amides is 1. The molecule has 0 unspecified atom stereocenters. The molecule has 3 aromatic rings. The van der Waals surface area contributed by atoms with E-state index in [0.717, 1.165) is 22.5 Å². The molecule has 0 aliphatic heterocycles. The molecular weight excluding hydrogens is 396 g/mol. The Bertz CT molecular complexity index is 1040. The molecule has 0 bridgehead atoms. The smallest absolute Gasteiger partial charge is 0.348 e. The number of carbonyl (C=O) groups excluding carboxylic acids is 2. The van der Waals surface area contributed by atoms with Gasteiger partial charge in [0.1, 0.15) is 15.9 Å². The molecule has 1 amide bonds. The van der Waals surface area contributed by atoms with Crippen molar-refractivity contribution in [3.8, 4) is 6.07 Å². The first-order valence-corrected chi connectivity index (χ1v) is 10.4. The molecule has 0 aliphatic rings. The van der Waals surface area contributed by atoms with Gasteiger partial charge < -0.3 is 10.1 Å². The molecule has 1 heterocycles. The maximum Gasteiger partial charge on any atom is 0.348 e. The third-order valence-electron chi connectivity index (χ3n) is 4.55. The van der Waals surface area contributed by atoms with Gasteiger partial charge in [-0.05, 0) is 37.5 Å². The Morgan fingerprint density at radius 3 is 2.00 bits per heavy atom. The Morgan fingerprint density at radius 1 is 1.00 bits per heavy atom. The summed E-state index contributed by atoms with van der Waals surface area (Å²) in [6, 6.07) is 21.0. The average Bonchev–Trinajstić information content (AvgIpc) is 3.04. The number of hydrogen-bond acceptors (Lipinski definition) is 5. The van der Waals surface area contributed by atoms with Crippen LogP contribution in [0.3, 0.4) is 0 Å². The normalized spacial score (nSPS) is 10.7. The zero-order valence-corrected chi connectivity index (χ0v) is 17.8. The first-order chi connectivity index (χ1) is 14.4. The summed E-state index contributed by atoms with van der Waals surface area (Å²) < 4.78 is 5.27. The zero-order valence-electron chi connectivity index (χ0n) is 17.0. The van der Waals surface area contributed by atoms with Crippen LogP contribution in [0.25, 0.3) is 0 Å². The molecule has 0 saturated carbocycles. The van der Waals surface area contributed by atoms with Crippen LogP contribution in [0.4, 0.5) is 5.00 Å². The topological polar surface area (TPSA) is 79.2 Å². The second kappa shape index (κ2) is 9.38. The highest BCUT2D eigenvalue weighted by molar-refractivity contribution is 7.18. The van der Waals surface area contributed by atoms with Crippen LogP contribution in [0.1, 0.15) is 51.7 Å². The van der Waals surface area contributed by atoms with E-state index >= 15 is 0 Å². The quantitative estimate of drug-likeness (QED) is 0.554. The molecule has 5 nitrogen and oxygen atoms in total. The fourth-order valence-electron chi connectivity index (χ4n) is 3.17. The molecule has 0 radical (unpaired) electrons. The number of carbonyl (C=O) groups is 2. The van der Waals surface area contributed by atoms with E-state index in [9.17, 15) is 14.9 Å². The van der Waals surface area contributed by atoms with Crippen molar-refractivity contribution in [3.05, 3.63) is 87.8 Å². The lowest BCUT2D eigenvalue weighted by atomic mass is 9.90. The van der Waals surface area contributed by atoms with Crippen molar-refractivity contribution in [2.24, 2.45) is 0 Å². The number of benzene rings is 2. The molecule has 30 heavy (non-hydrogen) atoms. The number of hydrogen-bond donors (Lipinski definition) is 1. The maximum absolute atomic E-state index is 13.3. The van der Waals surface area contributed by atoms with Crippen LogP contribution in [-0.4, -0.2) is 18.0 Å². The van der Waals surface area contributed by atoms with Gasteiger partial charge in [-0.25, -0.2) is 4.79 Å². The minimum atomic E-state index is -0.549. The zero-order chi connectivity index (χ0) is 21.7. The van der Waals surface area contributed by atoms with E-state index in [4.69, 9.17) is 4.74 Å². The summed E-state index contributed by atoms with van der Waals surface area (Å²) in [5, 5.41) is 12.8. The fraction of sp³-hybridized carbons (Fsp3) is 0.208. The molecule has 1 aromatic heterocycles. The van der Waals surface area contributed by atoms with Crippen molar-refractivity contribution >= 4 is 28.2 Å². The lowest BCUT2D eigenvalue weighted by Crippen LogP contribution is -2.22. The molecule has 1 N–H and O–H groups in total. The van der Waals surface area contributed by atoms with Crippen molar-refractivity contribution < 1.29 is 14.3 Å². The van der Waals surface area contributed by atoms with Crippen LogP contribution in [0, 0.1) is 18.3 Å². The number of ether oxygens (including phenoxy) is 1. The SMILES string of the molecule is Cc1c(C(=O)OC(C)C)sc(NC(=O)C(c2ccccc2)c2ccccc2)c1C#N. The standard InChI is InChI=1S/C24H22N2O3S/c1-15(2)29-24(28)21-16(3)19(14-25)23(30-21)26-22(27)20(17-10-6-4-7-11-17)18-12-8-5-9-13-18/h4-13,15,20H,1-3H3,(H,26,27). The Kier molecular flexibility index (Phi) is 6.65. The van der Waals surface area contributed by atoms with E-state index in [1.165, 1.54) is 0 Å². The fourth-order valence-corrected chi connectivity index (χ4v) is 4.21. The van der Waals surface area contributed by atoms with Crippen molar-refractivity contribution in [2.75, 3.05) is 5.32 Å². The largest absolute Gasteiger partial charge is 0.459 e.